The number of allylic oxidation sites excluding steroid dienone is 1. The largest absolute Gasteiger partial charge is 0.447 e. The fraction of sp³-hybridized carbons (Fsp3) is 0.571. The molecule has 1 amide bonds. The van der Waals surface area contributed by atoms with Crippen LogP contribution >= 0.6 is 0 Å². The van der Waals surface area contributed by atoms with Gasteiger partial charge in [0.15, 0.2) is 0 Å². The highest BCUT2D eigenvalue weighted by Crippen LogP contribution is 1.98. The molecule has 0 aliphatic carbocycles. The first-order chi connectivity index (χ1) is 4.83. The van der Waals surface area contributed by atoms with Crippen molar-refractivity contribution < 1.29 is 9.53 Å². The van der Waals surface area contributed by atoms with Gasteiger partial charge >= 0.3 is 6.09 Å². The van der Waals surface area contributed by atoms with Gasteiger partial charge in [0.1, 0.15) is 6.61 Å². The third kappa shape index (κ3) is 1.76. The van der Waals surface area contributed by atoms with Crippen molar-refractivity contribution in [2.75, 3.05) is 6.61 Å². The fourth-order valence-electron chi connectivity index (χ4n) is 0.804. The van der Waals surface area contributed by atoms with Crippen molar-refractivity contribution in [3.63, 3.8) is 0 Å². The van der Waals surface area contributed by atoms with Gasteiger partial charge in [-0.15, -0.1) is 0 Å². The summed E-state index contributed by atoms with van der Waals surface area (Å²) in [7, 11) is 0. The topological polar surface area (TPSA) is 38.3 Å². The first-order valence-corrected chi connectivity index (χ1v) is 3.43. The average Bonchev–Trinajstić information content (AvgIpc) is 2.31. The maximum Gasteiger partial charge on any atom is 0.407 e. The third-order valence-electron chi connectivity index (χ3n) is 1.30. The van der Waals surface area contributed by atoms with Crippen LogP contribution in [0, 0.1) is 0 Å². The number of cyclic esters (lactones) is 1. The molecule has 1 aliphatic rings. The Bertz CT molecular complexity index is 154. The molecule has 1 N–H and O–H groups in total. The summed E-state index contributed by atoms with van der Waals surface area (Å²) in [6.07, 6.45) is 4.64. The molecule has 1 heterocycles. The van der Waals surface area contributed by atoms with Crippen LogP contribution in [0.25, 0.3) is 0 Å². The monoisotopic (exact) mass is 141 g/mol. The standard InChI is InChI=1S/C7H11NO2/c1-2-3-4-6-5-10-7(9)8-6/h3-4,6H,2,5H2,1H3,(H,8,9)/b4-3+. The van der Waals surface area contributed by atoms with Crippen molar-refractivity contribution >= 4 is 6.09 Å². The van der Waals surface area contributed by atoms with Crippen molar-refractivity contribution in [1.82, 2.24) is 5.32 Å². The second-order valence-electron chi connectivity index (χ2n) is 2.19. The van der Waals surface area contributed by atoms with Crippen LogP contribution in [0.15, 0.2) is 12.2 Å². The highest BCUT2D eigenvalue weighted by molar-refractivity contribution is 5.70. The Morgan fingerprint density at radius 2 is 2.70 bits per heavy atom. The van der Waals surface area contributed by atoms with Gasteiger partial charge in [0.05, 0.1) is 6.04 Å². The molecule has 0 aromatic heterocycles. The van der Waals surface area contributed by atoms with E-state index in [1.165, 1.54) is 0 Å². The van der Waals surface area contributed by atoms with E-state index in [-0.39, 0.29) is 12.1 Å². The number of alkyl carbamates (subject to hydrolysis) is 1. The van der Waals surface area contributed by atoms with Gasteiger partial charge in [-0.25, -0.2) is 4.79 Å². The Balaban J connectivity index is 2.31. The lowest BCUT2D eigenvalue weighted by molar-refractivity contribution is 0.177. The molecule has 1 fully saturated rings. The Hall–Kier alpha value is -0.990. The molecule has 1 unspecified atom stereocenters. The number of hydrogen-bond acceptors (Lipinski definition) is 2. The molecule has 0 saturated carbocycles. The van der Waals surface area contributed by atoms with Crippen LogP contribution in [0.1, 0.15) is 13.3 Å². The smallest absolute Gasteiger partial charge is 0.407 e. The lowest BCUT2D eigenvalue weighted by Gasteiger charge is -1.96. The molecule has 3 heteroatoms. The zero-order chi connectivity index (χ0) is 7.40. The molecule has 3 nitrogen and oxygen atoms in total. The van der Waals surface area contributed by atoms with Gasteiger partial charge in [0.25, 0.3) is 0 Å². The normalized spacial score (nSPS) is 24.9. The Labute approximate surface area is 60.1 Å². The molecule has 10 heavy (non-hydrogen) atoms. The molecule has 0 aromatic carbocycles. The SMILES string of the molecule is CC/C=C/C1COC(=O)N1. The Kier molecular flexibility index (Phi) is 2.31. The molecule has 0 aromatic rings. The number of carbonyl (C=O) groups excluding carboxylic acids is 1. The van der Waals surface area contributed by atoms with Crippen molar-refractivity contribution in [3.05, 3.63) is 12.2 Å². The van der Waals surface area contributed by atoms with Gasteiger partial charge in [-0.05, 0) is 6.42 Å². The van der Waals surface area contributed by atoms with E-state index in [0.29, 0.717) is 6.61 Å². The van der Waals surface area contributed by atoms with Gasteiger partial charge in [-0.2, -0.15) is 0 Å². The van der Waals surface area contributed by atoms with Crippen LogP contribution in [0.5, 0.6) is 0 Å². The molecule has 1 rings (SSSR count). The van der Waals surface area contributed by atoms with Crippen LogP contribution in [0.3, 0.4) is 0 Å². The number of ether oxygens (including phenoxy) is 1. The molecular formula is C7H11NO2. The molecule has 1 saturated heterocycles. The minimum Gasteiger partial charge on any atom is -0.447 e. The number of amides is 1. The van der Waals surface area contributed by atoms with E-state index in [4.69, 9.17) is 0 Å². The second-order valence-corrected chi connectivity index (χ2v) is 2.19. The van der Waals surface area contributed by atoms with E-state index in [1.54, 1.807) is 0 Å². The summed E-state index contributed by atoms with van der Waals surface area (Å²) in [5.74, 6) is 0. The van der Waals surface area contributed by atoms with Gasteiger partial charge in [-0.3, -0.25) is 0 Å². The molecule has 1 atom stereocenters. The van der Waals surface area contributed by atoms with E-state index in [0.717, 1.165) is 6.42 Å². The summed E-state index contributed by atoms with van der Waals surface area (Å²) in [5, 5.41) is 2.64. The van der Waals surface area contributed by atoms with E-state index in [1.807, 2.05) is 19.1 Å². The minimum atomic E-state index is -0.314. The van der Waals surface area contributed by atoms with Gasteiger partial charge in [-0.1, -0.05) is 19.1 Å². The number of rotatable bonds is 2. The maximum absolute atomic E-state index is 10.4. The molecule has 1 aliphatic heterocycles. The number of nitrogens with one attached hydrogen (secondary N) is 1. The lowest BCUT2D eigenvalue weighted by atomic mass is 10.3. The summed E-state index contributed by atoms with van der Waals surface area (Å²) in [5.41, 5.74) is 0. The van der Waals surface area contributed by atoms with E-state index >= 15 is 0 Å². The van der Waals surface area contributed by atoms with E-state index in [2.05, 4.69) is 10.1 Å². The van der Waals surface area contributed by atoms with Gasteiger partial charge < -0.3 is 10.1 Å². The fourth-order valence-corrected chi connectivity index (χ4v) is 0.804. The summed E-state index contributed by atoms with van der Waals surface area (Å²) in [6.45, 7) is 2.52. The minimum absolute atomic E-state index is 0.0902. The highest BCUT2D eigenvalue weighted by atomic mass is 16.6. The van der Waals surface area contributed by atoms with Crippen LogP contribution in [-0.4, -0.2) is 18.7 Å². The number of hydrogen-bond donors (Lipinski definition) is 1. The van der Waals surface area contributed by atoms with Crippen LogP contribution in [-0.2, 0) is 4.74 Å². The maximum atomic E-state index is 10.4. The summed E-state index contributed by atoms with van der Waals surface area (Å²) < 4.78 is 4.66. The summed E-state index contributed by atoms with van der Waals surface area (Å²) >= 11 is 0. The summed E-state index contributed by atoms with van der Waals surface area (Å²) in [6, 6.07) is 0.0902. The molecular weight excluding hydrogens is 130 g/mol. The van der Waals surface area contributed by atoms with Crippen LogP contribution in [0.4, 0.5) is 4.79 Å². The predicted molar refractivity (Wildman–Crippen MR) is 37.7 cm³/mol. The molecule has 56 valence electrons. The first kappa shape index (κ1) is 7.12. The number of carbonyl (C=O) groups is 1. The zero-order valence-electron chi connectivity index (χ0n) is 5.96. The Morgan fingerprint density at radius 1 is 1.90 bits per heavy atom. The second kappa shape index (κ2) is 3.25. The quantitative estimate of drug-likeness (QED) is 0.584. The van der Waals surface area contributed by atoms with Crippen molar-refractivity contribution in [2.45, 2.75) is 19.4 Å². The van der Waals surface area contributed by atoms with E-state index in [9.17, 15) is 4.79 Å². The molecule has 0 spiro atoms. The van der Waals surface area contributed by atoms with Crippen LogP contribution in [0.2, 0.25) is 0 Å². The van der Waals surface area contributed by atoms with Crippen molar-refractivity contribution in [1.29, 1.82) is 0 Å². The Morgan fingerprint density at radius 3 is 3.20 bits per heavy atom. The highest BCUT2D eigenvalue weighted by Gasteiger charge is 2.18. The van der Waals surface area contributed by atoms with Crippen LogP contribution < -0.4 is 5.32 Å². The van der Waals surface area contributed by atoms with Crippen molar-refractivity contribution in [3.8, 4) is 0 Å². The zero-order valence-corrected chi connectivity index (χ0v) is 5.96. The van der Waals surface area contributed by atoms with Crippen molar-refractivity contribution in [2.24, 2.45) is 0 Å². The summed E-state index contributed by atoms with van der Waals surface area (Å²) in [4.78, 5) is 10.4. The predicted octanol–water partition coefficient (Wildman–Crippen LogP) is 1.06. The van der Waals surface area contributed by atoms with Gasteiger partial charge in [0.2, 0.25) is 0 Å². The molecule has 0 bridgehead atoms. The lowest BCUT2D eigenvalue weighted by Crippen LogP contribution is -2.23. The third-order valence-corrected chi connectivity index (χ3v) is 1.30. The van der Waals surface area contributed by atoms with Gasteiger partial charge in [0, 0.05) is 0 Å². The van der Waals surface area contributed by atoms with E-state index < -0.39 is 0 Å². The first-order valence-electron chi connectivity index (χ1n) is 3.43. The average molecular weight is 141 g/mol. The molecule has 0 radical (unpaired) electrons.